The Hall–Kier alpha value is -3.09. The van der Waals surface area contributed by atoms with Crippen LogP contribution in [0.25, 0.3) is 0 Å². The molecule has 1 N–H and O–H groups in total. The zero-order valence-electron chi connectivity index (χ0n) is 16.2. The number of nitrogens with one attached hydrogen (secondary N) is 1. The number of hydrogen-bond donors (Lipinski definition) is 1. The fraction of sp³-hybridized carbons (Fsp3) is 0.364. The number of likely N-dealkylation sites (tertiary alicyclic amines) is 1. The summed E-state index contributed by atoms with van der Waals surface area (Å²) >= 11 is 0. The van der Waals surface area contributed by atoms with Crippen molar-refractivity contribution in [3.05, 3.63) is 59.4 Å². The molecule has 6 nitrogen and oxygen atoms in total. The average Bonchev–Trinajstić information content (AvgIpc) is 3.20. The first-order valence-corrected chi connectivity index (χ1v) is 9.66. The maximum atomic E-state index is 13.1. The van der Waals surface area contributed by atoms with E-state index < -0.39 is 5.41 Å². The Balaban J connectivity index is 1.32. The second-order valence-electron chi connectivity index (χ2n) is 7.73. The highest BCUT2D eigenvalue weighted by Gasteiger charge is 2.38. The third-order valence-electron chi connectivity index (χ3n) is 5.68. The molecule has 0 aliphatic carbocycles. The van der Waals surface area contributed by atoms with Gasteiger partial charge in [-0.25, -0.2) is 4.39 Å². The Morgan fingerprint density at radius 1 is 1.07 bits per heavy atom. The summed E-state index contributed by atoms with van der Waals surface area (Å²) in [5.41, 5.74) is 0.869. The molecule has 1 saturated heterocycles. The van der Waals surface area contributed by atoms with Crippen molar-refractivity contribution in [2.45, 2.75) is 26.3 Å². The first-order chi connectivity index (χ1) is 13.9. The Labute approximate surface area is 168 Å². The molecule has 1 fully saturated rings. The van der Waals surface area contributed by atoms with Crippen LogP contribution in [0.1, 0.15) is 35.7 Å². The Bertz CT molecular complexity index is 921. The van der Waals surface area contributed by atoms with Crippen LogP contribution < -0.4 is 14.8 Å². The second-order valence-corrected chi connectivity index (χ2v) is 7.73. The van der Waals surface area contributed by atoms with Gasteiger partial charge in [0, 0.05) is 30.6 Å². The lowest BCUT2D eigenvalue weighted by Gasteiger charge is -2.38. The van der Waals surface area contributed by atoms with Crippen molar-refractivity contribution in [3.63, 3.8) is 0 Å². The first-order valence-electron chi connectivity index (χ1n) is 9.66. The Kier molecular flexibility index (Phi) is 5.13. The van der Waals surface area contributed by atoms with E-state index in [2.05, 4.69) is 5.32 Å². The molecule has 29 heavy (non-hydrogen) atoms. The molecule has 4 rings (SSSR count). The maximum Gasteiger partial charge on any atom is 0.253 e. The number of hydrogen-bond acceptors (Lipinski definition) is 4. The molecular weight excluding hydrogens is 375 g/mol. The molecule has 0 saturated carbocycles. The standard InChI is InChI=1S/C22H23FN2O4/c1-22(21(27)24-13-15-2-7-18-19(12-15)29-14-28-18)8-10-25(11-9-22)20(26)16-3-5-17(23)6-4-16/h2-7,12H,8-11,13-14H2,1H3,(H,24,27). The molecule has 0 bridgehead atoms. The van der Waals surface area contributed by atoms with Gasteiger partial charge in [0.15, 0.2) is 11.5 Å². The molecule has 2 aromatic carbocycles. The number of benzene rings is 2. The number of rotatable bonds is 4. The monoisotopic (exact) mass is 398 g/mol. The zero-order valence-corrected chi connectivity index (χ0v) is 16.2. The van der Waals surface area contributed by atoms with Crippen molar-refractivity contribution >= 4 is 11.8 Å². The molecule has 0 atom stereocenters. The number of piperidine rings is 1. The van der Waals surface area contributed by atoms with Crippen LogP contribution in [-0.4, -0.2) is 36.6 Å². The van der Waals surface area contributed by atoms with Crippen molar-refractivity contribution in [2.24, 2.45) is 5.41 Å². The fourth-order valence-corrected chi connectivity index (χ4v) is 3.65. The molecule has 7 heteroatoms. The van der Waals surface area contributed by atoms with E-state index in [-0.39, 0.29) is 24.4 Å². The highest BCUT2D eigenvalue weighted by molar-refractivity contribution is 5.94. The van der Waals surface area contributed by atoms with E-state index in [1.807, 2.05) is 25.1 Å². The third-order valence-corrected chi connectivity index (χ3v) is 5.68. The van der Waals surface area contributed by atoms with E-state index in [0.29, 0.717) is 49.5 Å². The molecule has 2 aliphatic heterocycles. The predicted molar refractivity (Wildman–Crippen MR) is 104 cm³/mol. The van der Waals surface area contributed by atoms with Gasteiger partial charge in [-0.2, -0.15) is 0 Å². The van der Waals surface area contributed by atoms with Crippen LogP contribution in [0, 0.1) is 11.2 Å². The normalized spacial score (nSPS) is 17.1. The van der Waals surface area contributed by atoms with Crippen LogP contribution in [0.2, 0.25) is 0 Å². The lowest BCUT2D eigenvalue weighted by Crippen LogP contribution is -2.48. The summed E-state index contributed by atoms with van der Waals surface area (Å²) in [6, 6.07) is 11.2. The SMILES string of the molecule is CC1(C(=O)NCc2ccc3c(c2)OCO3)CCN(C(=O)c2ccc(F)cc2)CC1. The molecular formula is C22H23FN2O4. The minimum atomic E-state index is -0.532. The van der Waals surface area contributed by atoms with Gasteiger partial charge < -0.3 is 19.7 Å². The van der Waals surface area contributed by atoms with Crippen LogP contribution in [-0.2, 0) is 11.3 Å². The van der Waals surface area contributed by atoms with Crippen LogP contribution in [0.5, 0.6) is 11.5 Å². The van der Waals surface area contributed by atoms with Gasteiger partial charge in [-0.3, -0.25) is 9.59 Å². The summed E-state index contributed by atoms with van der Waals surface area (Å²) in [5, 5.41) is 3.00. The molecule has 152 valence electrons. The van der Waals surface area contributed by atoms with Gasteiger partial charge in [-0.1, -0.05) is 13.0 Å². The highest BCUT2D eigenvalue weighted by atomic mass is 19.1. The minimum absolute atomic E-state index is 0.0240. The number of carbonyl (C=O) groups is 2. The van der Waals surface area contributed by atoms with E-state index >= 15 is 0 Å². The summed E-state index contributed by atoms with van der Waals surface area (Å²) in [5.74, 6) is 0.879. The molecule has 2 aromatic rings. The Morgan fingerprint density at radius 2 is 1.76 bits per heavy atom. The topological polar surface area (TPSA) is 67.9 Å². The van der Waals surface area contributed by atoms with Gasteiger partial charge in [0.1, 0.15) is 5.82 Å². The van der Waals surface area contributed by atoms with E-state index in [4.69, 9.17) is 9.47 Å². The predicted octanol–water partition coefficient (Wildman–Crippen LogP) is 3.11. The minimum Gasteiger partial charge on any atom is -0.454 e. The fourth-order valence-electron chi connectivity index (χ4n) is 3.65. The summed E-state index contributed by atoms with van der Waals surface area (Å²) in [6.45, 7) is 3.54. The molecule has 0 radical (unpaired) electrons. The molecule has 0 spiro atoms. The number of fused-ring (bicyclic) bond motifs is 1. The van der Waals surface area contributed by atoms with E-state index in [9.17, 15) is 14.0 Å². The van der Waals surface area contributed by atoms with Crippen molar-refractivity contribution < 1.29 is 23.5 Å². The van der Waals surface area contributed by atoms with Gasteiger partial charge in [-0.15, -0.1) is 0 Å². The van der Waals surface area contributed by atoms with Crippen molar-refractivity contribution in [2.75, 3.05) is 19.9 Å². The molecule has 2 aliphatic rings. The lowest BCUT2D eigenvalue weighted by molar-refractivity contribution is -0.132. The number of nitrogens with zero attached hydrogens (tertiary/aromatic N) is 1. The summed E-state index contributed by atoms with van der Waals surface area (Å²) in [6.07, 6.45) is 1.15. The van der Waals surface area contributed by atoms with E-state index in [1.165, 1.54) is 24.3 Å². The van der Waals surface area contributed by atoms with Gasteiger partial charge in [0.2, 0.25) is 12.7 Å². The van der Waals surface area contributed by atoms with Gasteiger partial charge in [-0.05, 0) is 54.8 Å². The summed E-state index contributed by atoms with van der Waals surface area (Å²) < 4.78 is 23.7. The van der Waals surface area contributed by atoms with Gasteiger partial charge in [0.05, 0.1) is 0 Å². The second kappa shape index (κ2) is 7.73. The molecule has 2 heterocycles. The smallest absolute Gasteiger partial charge is 0.253 e. The Morgan fingerprint density at radius 3 is 2.48 bits per heavy atom. The summed E-state index contributed by atoms with van der Waals surface area (Å²) in [4.78, 5) is 27.1. The number of halogens is 1. The number of amides is 2. The zero-order chi connectivity index (χ0) is 20.4. The van der Waals surface area contributed by atoms with Gasteiger partial charge >= 0.3 is 0 Å². The summed E-state index contributed by atoms with van der Waals surface area (Å²) in [7, 11) is 0. The largest absolute Gasteiger partial charge is 0.454 e. The highest BCUT2D eigenvalue weighted by Crippen LogP contribution is 2.34. The first kappa shape index (κ1) is 19.2. The molecule has 2 amide bonds. The lowest BCUT2D eigenvalue weighted by atomic mass is 9.79. The van der Waals surface area contributed by atoms with Crippen molar-refractivity contribution in [3.8, 4) is 11.5 Å². The van der Waals surface area contributed by atoms with Crippen LogP contribution >= 0.6 is 0 Å². The molecule has 0 aromatic heterocycles. The van der Waals surface area contributed by atoms with E-state index in [0.717, 1.165) is 5.56 Å². The average molecular weight is 398 g/mol. The van der Waals surface area contributed by atoms with Gasteiger partial charge in [0.25, 0.3) is 5.91 Å². The number of ether oxygens (including phenoxy) is 2. The maximum absolute atomic E-state index is 13.1. The molecule has 0 unspecified atom stereocenters. The van der Waals surface area contributed by atoms with Crippen LogP contribution in [0.3, 0.4) is 0 Å². The van der Waals surface area contributed by atoms with Crippen LogP contribution in [0.15, 0.2) is 42.5 Å². The van der Waals surface area contributed by atoms with E-state index in [1.54, 1.807) is 4.90 Å². The third kappa shape index (κ3) is 4.04. The van der Waals surface area contributed by atoms with Crippen LogP contribution in [0.4, 0.5) is 4.39 Å². The quantitative estimate of drug-likeness (QED) is 0.859. The van der Waals surface area contributed by atoms with Crippen molar-refractivity contribution in [1.29, 1.82) is 0 Å². The van der Waals surface area contributed by atoms with Crippen molar-refractivity contribution in [1.82, 2.24) is 10.2 Å². The number of carbonyl (C=O) groups excluding carboxylic acids is 2.